The van der Waals surface area contributed by atoms with E-state index in [4.69, 9.17) is 4.74 Å². The van der Waals surface area contributed by atoms with E-state index >= 15 is 0 Å². The second-order valence-electron chi connectivity index (χ2n) is 7.20. The minimum absolute atomic E-state index is 0.0671. The molecule has 0 aromatic heterocycles. The Morgan fingerprint density at radius 2 is 1.74 bits per heavy atom. The third kappa shape index (κ3) is 3.77. The Morgan fingerprint density at radius 1 is 1.03 bits per heavy atom. The summed E-state index contributed by atoms with van der Waals surface area (Å²) in [6.45, 7) is 2.68. The number of benzene rings is 3. The van der Waals surface area contributed by atoms with Crippen LogP contribution < -0.4 is 13.9 Å². The molecule has 160 valence electrons. The van der Waals surface area contributed by atoms with Gasteiger partial charge in [0, 0.05) is 18.8 Å². The zero-order valence-corrected chi connectivity index (χ0v) is 18.3. The molecule has 6 nitrogen and oxygen atoms in total. The second kappa shape index (κ2) is 8.43. The summed E-state index contributed by atoms with van der Waals surface area (Å²) in [6, 6.07) is 21.2. The molecule has 0 fully saturated rings. The van der Waals surface area contributed by atoms with E-state index in [0.717, 1.165) is 11.3 Å². The molecule has 0 spiro atoms. The van der Waals surface area contributed by atoms with Crippen LogP contribution in [0.2, 0.25) is 0 Å². The Hall–Kier alpha value is -3.32. The Labute approximate surface area is 182 Å². The fraction of sp³-hybridized carbons (Fsp3) is 0.208. The van der Waals surface area contributed by atoms with Gasteiger partial charge in [-0.15, -0.1) is 0 Å². The molecule has 4 rings (SSSR count). The van der Waals surface area contributed by atoms with Crippen molar-refractivity contribution >= 4 is 27.3 Å². The highest BCUT2D eigenvalue weighted by atomic mass is 32.2. The smallest absolute Gasteiger partial charge is 0.264 e. The minimum Gasteiger partial charge on any atom is -0.496 e. The Bertz CT molecular complexity index is 1210. The van der Waals surface area contributed by atoms with E-state index in [0.29, 0.717) is 30.9 Å². The number of carbonyl (C=O) groups is 1. The number of rotatable bonds is 6. The second-order valence-corrected chi connectivity index (χ2v) is 9.07. The highest BCUT2D eigenvalue weighted by Gasteiger charge is 2.32. The molecule has 1 amide bonds. The molecule has 0 unspecified atom stereocenters. The summed E-state index contributed by atoms with van der Waals surface area (Å²) in [5.41, 5.74) is 2.63. The lowest BCUT2D eigenvalue weighted by Crippen LogP contribution is -2.32. The molecular formula is C24H24N2O4S. The van der Waals surface area contributed by atoms with Crippen LogP contribution in [0.5, 0.6) is 5.75 Å². The van der Waals surface area contributed by atoms with Crippen LogP contribution in [-0.2, 0) is 16.4 Å². The van der Waals surface area contributed by atoms with E-state index in [1.165, 1.54) is 23.5 Å². The number of ether oxygens (including phenoxy) is 1. The van der Waals surface area contributed by atoms with E-state index in [9.17, 15) is 13.2 Å². The van der Waals surface area contributed by atoms with Crippen LogP contribution in [-0.4, -0.2) is 34.5 Å². The maximum absolute atomic E-state index is 13.4. The van der Waals surface area contributed by atoms with Crippen LogP contribution in [0.3, 0.4) is 0 Å². The lowest BCUT2D eigenvalue weighted by atomic mass is 10.1. The van der Waals surface area contributed by atoms with Crippen molar-refractivity contribution in [1.29, 1.82) is 0 Å². The largest absolute Gasteiger partial charge is 0.496 e. The average Bonchev–Trinajstić information content (AvgIpc) is 3.25. The zero-order chi connectivity index (χ0) is 22.0. The first-order valence-corrected chi connectivity index (χ1v) is 11.6. The number of methoxy groups -OCH3 is 1. The van der Waals surface area contributed by atoms with Crippen LogP contribution in [0.1, 0.15) is 22.8 Å². The first-order chi connectivity index (χ1) is 15.0. The fourth-order valence-corrected chi connectivity index (χ4v) is 5.43. The molecule has 0 N–H and O–H groups in total. The number of nitrogens with zero attached hydrogens (tertiary/aromatic N) is 2. The topological polar surface area (TPSA) is 66.9 Å². The van der Waals surface area contributed by atoms with Gasteiger partial charge in [-0.3, -0.25) is 9.10 Å². The molecule has 1 aliphatic rings. The number of para-hydroxylation sites is 2. The SMILES string of the molecule is CCN(C(=O)c1cc(S(=O)(=O)N2CCc3ccccc32)ccc1OC)c1ccccc1. The highest BCUT2D eigenvalue weighted by molar-refractivity contribution is 7.92. The van der Waals surface area contributed by atoms with Gasteiger partial charge in [0.05, 0.1) is 23.3 Å². The maximum atomic E-state index is 13.4. The molecule has 0 radical (unpaired) electrons. The van der Waals surface area contributed by atoms with Gasteiger partial charge in [-0.25, -0.2) is 8.42 Å². The van der Waals surface area contributed by atoms with Crippen molar-refractivity contribution in [2.45, 2.75) is 18.2 Å². The van der Waals surface area contributed by atoms with E-state index in [1.807, 2.05) is 61.5 Å². The Balaban J connectivity index is 1.75. The van der Waals surface area contributed by atoms with Gasteiger partial charge in [0.15, 0.2) is 0 Å². The predicted octanol–water partition coefficient (Wildman–Crippen LogP) is 4.11. The summed E-state index contributed by atoms with van der Waals surface area (Å²) >= 11 is 0. The number of amides is 1. The van der Waals surface area contributed by atoms with Gasteiger partial charge in [-0.2, -0.15) is 0 Å². The molecule has 0 saturated heterocycles. The van der Waals surface area contributed by atoms with Gasteiger partial charge in [0.25, 0.3) is 15.9 Å². The van der Waals surface area contributed by atoms with Gasteiger partial charge < -0.3 is 9.64 Å². The van der Waals surface area contributed by atoms with Crippen LogP contribution in [0.25, 0.3) is 0 Å². The standard InChI is InChI=1S/C24H24N2O4S/c1-3-25(19-10-5-4-6-11-19)24(27)21-17-20(13-14-23(21)30-2)31(28,29)26-16-15-18-9-7-8-12-22(18)26/h4-14,17H,3,15-16H2,1-2H3. The van der Waals surface area contributed by atoms with Gasteiger partial charge >= 0.3 is 0 Å². The van der Waals surface area contributed by atoms with E-state index in [-0.39, 0.29) is 16.4 Å². The third-order valence-electron chi connectivity index (χ3n) is 5.46. The van der Waals surface area contributed by atoms with E-state index in [1.54, 1.807) is 11.0 Å². The molecule has 3 aromatic carbocycles. The van der Waals surface area contributed by atoms with Crippen LogP contribution in [0.4, 0.5) is 11.4 Å². The molecule has 3 aromatic rings. The van der Waals surface area contributed by atoms with Crippen molar-refractivity contribution in [2.24, 2.45) is 0 Å². The molecule has 0 bridgehead atoms. The zero-order valence-electron chi connectivity index (χ0n) is 17.5. The summed E-state index contributed by atoms with van der Waals surface area (Å²) in [6.07, 6.45) is 0.662. The van der Waals surface area contributed by atoms with E-state index < -0.39 is 10.0 Å². The van der Waals surface area contributed by atoms with Gasteiger partial charge in [-0.1, -0.05) is 36.4 Å². The molecular weight excluding hydrogens is 412 g/mol. The first-order valence-electron chi connectivity index (χ1n) is 10.1. The molecule has 7 heteroatoms. The lowest BCUT2D eigenvalue weighted by molar-refractivity contribution is 0.0985. The predicted molar refractivity (Wildman–Crippen MR) is 121 cm³/mol. The number of hydrogen-bond donors (Lipinski definition) is 0. The number of anilines is 2. The summed E-state index contributed by atoms with van der Waals surface area (Å²) < 4.78 is 33.7. The van der Waals surface area contributed by atoms with Crippen LogP contribution >= 0.6 is 0 Å². The normalized spacial score (nSPS) is 13.0. The lowest BCUT2D eigenvalue weighted by Gasteiger charge is -2.23. The quantitative estimate of drug-likeness (QED) is 0.583. The molecule has 0 aliphatic carbocycles. The number of fused-ring (bicyclic) bond motifs is 1. The van der Waals surface area contributed by atoms with Crippen LogP contribution in [0, 0.1) is 0 Å². The number of sulfonamides is 1. The monoisotopic (exact) mass is 436 g/mol. The Kier molecular flexibility index (Phi) is 5.69. The van der Waals surface area contributed by atoms with Crippen molar-refractivity contribution in [3.8, 4) is 5.75 Å². The van der Waals surface area contributed by atoms with Crippen LogP contribution in [0.15, 0.2) is 77.7 Å². The maximum Gasteiger partial charge on any atom is 0.264 e. The highest BCUT2D eigenvalue weighted by Crippen LogP contribution is 2.34. The van der Waals surface area contributed by atoms with Gasteiger partial charge in [-0.05, 0) is 55.3 Å². The molecule has 1 aliphatic heterocycles. The molecule has 0 saturated carbocycles. The van der Waals surface area contributed by atoms with Gasteiger partial charge in [0.1, 0.15) is 5.75 Å². The number of hydrogen-bond acceptors (Lipinski definition) is 4. The molecule has 31 heavy (non-hydrogen) atoms. The van der Waals surface area contributed by atoms with Crippen molar-refractivity contribution < 1.29 is 17.9 Å². The van der Waals surface area contributed by atoms with Crippen molar-refractivity contribution in [2.75, 3.05) is 29.4 Å². The van der Waals surface area contributed by atoms with Crippen molar-refractivity contribution in [3.63, 3.8) is 0 Å². The average molecular weight is 437 g/mol. The van der Waals surface area contributed by atoms with Crippen molar-refractivity contribution in [3.05, 3.63) is 83.9 Å². The fourth-order valence-electron chi connectivity index (χ4n) is 3.90. The molecule has 0 atom stereocenters. The summed E-state index contributed by atoms with van der Waals surface area (Å²) in [5, 5.41) is 0. The first kappa shape index (κ1) is 20.9. The van der Waals surface area contributed by atoms with Crippen molar-refractivity contribution in [1.82, 2.24) is 0 Å². The van der Waals surface area contributed by atoms with Gasteiger partial charge in [0.2, 0.25) is 0 Å². The molecule has 1 heterocycles. The van der Waals surface area contributed by atoms with E-state index in [2.05, 4.69) is 0 Å². The minimum atomic E-state index is -3.82. The number of carbonyl (C=O) groups excluding carboxylic acids is 1. The summed E-state index contributed by atoms with van der Waals surface area (Å²) in [4.78, 5) is 15.1. The summed E-state index contributed by atoms with van der Waals surface area (Å²) in [7, 11) is -2.36. The Morgan fingerprint density at radius 3 is 2.45 bits per heavy atom. The third-order valence-corrected chi connectivity index (χ3v) is 7.27. The summed E-state index contributed by atoms with van der Waals surface area (Å²) in [5.74, 6) is 0.0181.